The minimum absolute atomic E-state index is 0.109. The number of aromatic nitrogens is 5. The minimum atomic E-state index is -0.470. The van der Waals surface area contributed by atoms with Crippen molar-refractivity contribution in [2.75, 3.05) is 5.32 Å². The third kappa shape index (κ3) is 4.02. The van der Waals surface area contributed by atoms with E-state index < -0.39 is 5.91 Å². The van der Waals surface area contributed by atoms with Gasteiger partial charge in [0.15, 0.2) is 5.82 Å². The number of hydrogen-bond acceptors (Lipinski definition) is 5. The van der Waals surface area contributed by atoms with E-state index in [4.69, 9.17) is 0 Å². The quantitative estimate of drug-likeness (QED) is 0.427. The Bertz CT molecular complexity index is 1510. The normalized spacial score (nSPS) is 14.8. The maximum absolute atomic E-state index is 13.3. The Morgan fingerprint density at radius 1 is 1.14 bits per heavy atom. The second-order valence-electron chi connectivity index (χ2n) is 9.84. The number of pyridine rings is 3. The number of amides is 1. The maximum Gasteiger partial charge on any atom is 0.263 e. The van der Waals surface area contributed by atoms with Crippen molar-refractivity contribution in [1.82, 2.24) is 24.1 Å². The molecule has 182 valence electrons. The van der Waals surface area contributed by atoms with E-state index in [1.54, 1.807) is 22.9 Å². The molecule has 0 aromatic carbocycles. The molecular weight excluding hydrogens is 452 g/mol. The lowest BCUT2D eigenvalue weighted by atomic mass is 10.0. The van der Waals surface area contributed by atoms with E-state index in [0.29, 0.717) is 24.0 Å². The fraction of sp³-hybridized carbons (Fsp3) is 0.321. The van der Waals surface area contributed by atoms with E-state index in [1.807, 2.05) is 29.1 Å². The molecule has 8 heteroatoms. The van der Waals surface area contributed by atoms with Crippen molar-refractivity contribution in [3.05, 3.63) is 82.3 Å². The van der Waals surface area contributed by atoms with Crippen molar-refractivity contribution in [3.63, 3.8) is 0 Å². The van der Waals surface area contributed by atoms with Crippen molar-refractivity contribution in [2.24, 2.45) is 0 Å². The van der Waals surface area contributed by atoms with Crippen molar-refractivity contribution in [1.29, 1.82) is 0 Å². The van der Waals surface area contributed by atoms with E-state index in [0.717, 1.165) is 41.2 Å². The van der Waals surface area contributed by atoms with Crippen LogP contribution in [0, 0.1) is 0 Å². The summed E-state index contributed by atoms with van der Waals surface area (Å²) in [4.78, 5) is 40.3. The number of nitrogens with one attached hydrogen (secondary N) is 1. The highest BCUT2D eigenvalue weighted by atomic mass is 16.2. The van der Waals surface area contributed by atoms with Crippen molar-refractivity contribution in [2.45, 2.75) is 58.0 Å². The Morgan fingerprint density at radius 2 is 2.00 bits per heavy atom. The summed E-state index contributed by atoms with van der Waals surface area (Å²) in [6.45, 7) is 4.76. The Balaban J connectivity index is 1.33. The summed E-state index contributed by atoms with van der Waals surface area (Å²) < 4.78 is 3.76. The zero-order valence-corrected chi connectivity index (χ0v) is 20.4. The van der Waals surface area contributed by atoms with Crippen molar-refractivity contribution >= 4 is 11.7 Å². The van der Waals surface area contributed by atoms with Gasteiger partial charge in [-0.3, -0.25) is 14.6 Å². The highest BCUT2D eigenvalue weighted by Crippen LogP contribution is 2.39. The number of fused-ring (bicyclic) bond motifs is 1. The van der Waals surface area contributed by atoms with Gasteiger partial charge >= 0.3 is 0 Å². The van der Waals surface area contributed by atoms with Crippen LogP contribution in [0.2, 0.25) is 0 Å². The molecular formula is C28H28N6O2. The average Bonchev–Trinajstić information content (AvgIpc) is 3.38. The second-order valence-corrected chi connectivity index (χ2v) is 9.84. The Hall–Kier alpha value is -4.07. The first-order valence-corrected chi connectivity index (χ1v) is 12.5. The van der Waals surface area contributed by atoms with Gasteiger partial charge in [0, 0.05) is 59.6 Å². The molecule has 36 heavy (non-hydrogen) atoms. The molecule has 1 N–H and O–H groups in total. The predicted molar refractivity (Wildman–Crippen MR) is 138 cm³/mol. The highest BCUT2D eigenvalue weighted by molar-refractivity contribution is 6.04. The minimum Gasteiger partial charge on any atom is -0.327 e. The van der Waals surface area contributed by atoms with Crippen LogP contribution in [0.5, 0.6) is 0 Å². The molecule has 6 rings (SSSR count). The largest absolute Gasteiger partial charge is 0.327 e. The monoisotopic (exact) mass is 480 g/mol. The van der Waals surface area contributed by atoms with Crippen LogP contribution in [0.25, 0.3) is 22.6 Å². The second kappa shape index (κ2) is 8.86. The van der Waals surface area contributed by atoms with E-state index in [1.165, 1.54) is 12.8 Å². The lowest BCUT2D eigenvalue weighted by Crippen LogP contribution is -2.29. The number of imidazole rings is 1. The summed E-state index contributed by atoms with van der Waals surface area (Å²) in [5.74, 6) is 1.20. The summed E-state index contributed by atoms with van der Waals surface area (Å²) in [5.41, 5.74) is 4.41. The van der Waals surface area contributed by atoms with E-state index in [9.17, 15) is 9.59 Å². The van der Waals surface area contributed by atoms with Gasteiger partial charge in [-0.05, 0) is 63.8 Å². The van der Waals surface area contributed by atoms with Crippen LogP contribution < -0.4 is 10.9 Å². The zero-order valence-electron chi connectivity index (χ0n) is 20.4. The molecule has 1 amide bonds. The molecule has 1 fully saturated rings. The molecule has 0 spiro atoms. The topological polar surface area (TPSA) is 94.7 Å². The van der Waals surface area contributed by atoms with Crippen LogP contribution in [-0.4, -0.2) is 30.0 Å². The molecule has 4 aromatic heterocycles. The van der Waals surface area contributed by atoms with Crippen molar-refractivity contribution < 1.29 is 4.79 Å². The fourth-order valence-electron chi connectivity index (χ4n) is 4.95. The number of hydrogen-bond donors (Lipinski definition) is 1. The molecule has 2 aliphatic rings. The van der Waals surface area contributed by atoms with Crippen LogP contribution in [0.4, 0.5) is 5.82 Å². The lowest BCUT2D eigenvalue weighted by Gasteiger charge is -2.14. The molecule has 1 aliphatic carbocycles. The van der Waals surface area contributed by atoms with E-state index in [-0.39, 0.29) is 17.2 Å². The third-order valence-electron chi connectivity index (χ3n) is 6.98. The van der Waals surface area contributed by atoms with E-state index >= 15 is 0 Å². The van der Waals surface area contributed by atoms with Crippen LogP contribution in [0.3, 0.4) is 0 Å². The number of nitrogens with zero attached hydrogens (tertiary/aromatic N) is 5. The van der Waals surface area contributed by atoms with Gasteiger partial charge in [0.2, 0.25) is 0 Å². The number of anilines is 1. The maximum atomic E-state index is 13.3. The molecule has 0 saturated heterocycles. The van der Waals surface area contributed by atoms with Gasteiger partial charge in [-0.2, -0.15) is 0 Å². The standard InChI is InChI=1S/C28H28N6O2/c1-17(2)33-14-12-29-26(33)23-5-3-7-25(31-23)32-27(35)21-15-20(24-6-4-13-34(24)28(21)36)19-10-11-22(30-16-19)18-8-9-18/h3,5,7,10-12,14-18H,4,6,8-9,13H2,1-2H3,(H,31,32,35). The van der Waals surface area contributed by atoms with Gasteiger partial charge in [-0.1, -0.05) is 12.1 Å². The Labute approximate surface area is 209 Å². The number of carbonyl (C=O) groups is 1. The van der Waals surface area contributed by atoms with Crippen molar-refractivity contribution in [3.8, 4) is 22.6 Å². The first kappa shape index (κ1) is 22.4. The Kier molecular flexibility index (Phi) is 5.51. The van der Waals surface area contributed by atoms with Gasteiger partial charge in [0.1, 0.15) is 17.1 Å². The van der Waals surface area contributed by atoms with Gasteiger partial charge in [-0.15, -0.1) is 0 Å². The van der Waals surface area contributed by atoms with E-state index in [2.05, 4.69) is 46.2 Å². The van der Waals surface area contributed by atoms with Crippen LogP contribution >= 0.6 is 0 Å². The van der Waals surface area contributed by atoms with Gasteiger partial charge in [0.05, 0.1) is 0 Å². The number of rotatable bonds is 6. The number of carbonyl (C=O) groups excluding carboxylic acids is 1. The SMILES string of the molecule is CC(C)n1ccnc1-c1cccc(NC(=O)c2cc(-c3ccc(C4CC4)nc3)c3n(c2=O)CCC3)n1. The van der Waals surface area contributed by atoms with Gasteiger partial charge in [-0.25, -0.2) is 9.97 Å². The molecule has 5 heterocycles. The van der Waals surface area contributed by atoms with Crippen LogP contribution in [0.1, 0.15) is 66.8 Å². The molecule has 1 saturated carbocycles. The lowest BCUT2D eigenvalue weighted by molar-refractivity contribution is 0.102. The molecule has 4 aromatic rings. The molecule has 0 radical (unpaired) electrons. The Morgan fingerprint density at radius 3 is 2.75 bits per heavy atom. The molecule has 0 bridgehead atoms. The van der Waals surface area contributed by atoms with Gasteiger partial charge < -0.3 is 14.5 Å². The summed E-state index contributed by atoms with van der Waals surface area (Å²) in [5, 5.41) is 2.84. The summed E-state index contributed by atoms with van der Waals surface area (Å²) >= 11 is 0. The molecule has 1 aliphatic heterocycles. The highest BCUT2D eigenvalue weighted by Gasteiger charge is 2.26. The summed E-state index contributed by atoms with van der Waals surface area (Å²) in [6, 6.07) is 11.5. The molecule has 0 atom stereocenters. The smallest absolute Gasteiger partial charge is 0.263 e. The zero-order chi connectivity index (χ0) is 24.8. The van der Waals surface area contributed by atoms with Crippen LogP contribution in [-0.2, 0) is 13.0 Å². The summed E-state index contributed by atoms with van der Waals surface area (Å²) in [6.07, 6.45) is 9.60. The van der Waals surface area contributed by atoms with Crippen LogP contribution in [0.15, 0.2) is 59.8 Å². The third-order valence-corrected chi connectivity index (χ3v) is 6.98. The van der Waals surface area contributed by atoms with Gasteiger partial charge in [0.25, 0.3) is 11.5 Å². The first-order chi connectivity index (χ1) is 17.5. The first-order valence-electron chi connectivity index (χ1n) is 12.5. The summed E-state index contributed by atoms with van der Waals surface area (Å²) in [7, 11) is 0. The molecule has 8 nitrogen and oxygen atoms in total. The fourth-order valence-corrected chi connectivity index (χ4v) is 4.95. The average molecular weight is 481 g/mol. The molecule has 0 unspecified atom stereocenters. The predicted octanol–water partition coefficient (Wildman–Crippen LogP) is 4.83.